The smallest absolute Gasteiger partial charge is 0.323 e. The van der Waals surface area contributed by atoms with Gasteiger partial charge in [0, 0.05) is 0 Å². The summed E-state index contributed by atoms with van der Waals surface area (Å²) in [7, 11) is -2.58. The zero-order valence-corrected chi connectivity index (χ0v) is 12.8. The van der Waals surface area contributed by atoms with Gasteiger partial charge in [-0.25, -0.2) is 8.42 Å². The number of carbonyl (C=O) groups excluding carboxylic acids is 1. The van der Waals surface area contributed by atoms with Crippen LogP contribution in [0.25, 0.3) is 0 Å². The third-order valence-corrected chi connectivity index (χ3v) is 6.26. The maximum Gasteiger partial charge on any atom is 0.323 e. The van der Waals surface area contributed by atoms with Crippen molar-refractivity contribution >= 4 is 54.9 Å². The molecule has 1 unspecified atom stereocenters. The molecule has 0 spiro atoms. The van der Waals surface area contributed by atoms with Crippen molar-refractivity contribution in [2.75, 3.05) is 7.11 Å². The summed E-state index contributed by atoms with van der Waals surface area (Å²) in [5.74, 6) is -0.657. The van der Waals surface area contributed by atoms with E-state index >= 15 is 0 Å². The van der Waals surface area contributed by atoms with Crippen LogP contribution in [-0.4, -0.2) is 27.5 Å². The van der Waals surface area contributed by atoms with Gasteiger partial charge in [0.25, 0.3) is 10.0 Å². The Kier molecular flexibility index (Phi) is 4.96. The van der Waals surface area contributed by atoms with Crippen LogP contribution in [0.3, 0.4) is 0 Å². The first kappa shape index (κ1) is 14.9. The Morgan fingerprint density at radius 1 is 1.65 bits per heavy atom. The molecule has 1 N–H and O–H groups in total. The molecule has 1 heterocycles. The molecular weight excluding hydrogens is 354 g/mol. The molecule has 1 rings (SSSR count). The predicted octanol–water partition coefficient (Wildman–Crippen LogP) is 2.00. The number of ether oxygens (including phenoxy) is 1. The molecule has 0 aliphatic heterocycles. The van der Waals surface area contributed by atoms with Crippen LogP contribution in [0.15, 0.2) is 14.1 Å². The third-order valence-electron chi connectivity index (χ3n) is 1.77. The summed E-state index contributed by atoms with van der Waals surface area (Å²) >= 11 is 9.83. The third kappa shape index (κ3) is 3.65. The number of thiophene rings is 1. The number of rotatable bonds is 4. The normalized spacial score (nSPS) is 13.4. The maximum absolute atomic E-state index is 11.8. The topological polar surface area (TPSA) is 72.5 Å². The van der Waals surface area contributed by atoms with Crippen molar-refractivity contribution in [3.8, 4) is 0 Å². The minimum Gasteiger partial charge on any atom is -0.468 e. The van der Waals surface area contributed by atoms with Gasteiger partial charge in [0.05, 0.1) is 15.9 Å². The second-order valence-corrected chi connectivity index (χ2v) is 7.77. The minimum absolute atomic E-state index is 0.0325. The first-order valence-electron chi connectivity index (χ1n) is 4.33. The molecule has 0 bridgehead atoms. The number of nitrogens with one attached hydrogen (secondary N) is 1. The van der Waals surface area contributed by atoms with Crippen LogP contribution >= 0.6 is 38.9 Å². The summed E-state index contributed by atoms with van der Waals surface area (Å²) < 4.78 is 30.8. The van der Waals surface area contributed by atoms with Crippen LogP contribution in [0.4, 0.5) is 0 Å². The van der Waals surface area contributed by atoms with Crippen LogP contribution in [0.2, 0.25) is 5.02 Å². The summed E-state index contributed by atoms with van der Waals surface area (Å²) in [4.78, 5) is 11.1. The quantitative estimate of drug-likeness (QED) is 0.832. The molecule has 0 saturated carbocycles. The van der Waals surface area contributed by atoms with Crippen LogP contribution < -0.4 is 4.72 Å². The number of carbonyl (C=O) groups is 1. The van der Waals surface area contributed by atoms with E-state index in [1.54, 1.807) is 0 Å². The molecule has 0 aliphatic carbocycles. The van der Waals surface area contributed by atoms with E-state index in [4.69, 9.17) is 11.6 Å². The highest BCUT2D eigenvalue weighted by Crippen LogP contribution is 2.34. The maximum atomic E-state index is 11.8. The number of hydrogen-bond acceptors (Lipinski definition) is 5. The van der Waals surface area contributed by atoms with Gasteiger partial charge in [-0.05, 0) is 28.9 Å². The number of sulfonamides is 1. The first-order chi connectivity index (χ1) is 7.77. The second-order valence-electron chi connectivity index (χ2n) is 3.05. The van der Waals surface area contributed by atoms with Gasteiger partial charge in [-0.15, -0.1) is 11.3 Å². The summed E-state index contributed by atoms with van der Waals surface area (Å²) in [5.41, 5.74) is 0. The van der Waals surface area contributed by atoms with E-state index in [9.17, 15) is 13.2 Å². The average molecular weight is 363 g/mol. The Bertz CT molecular complexity index is 508. The van der Waals surface area contributed by atoms with Crippen molar-refractivity contribution in [3.63, 3.8) is 0 Å². The number of hydrogen-bond donors (Lipinski definition) is 1. The monoisotopic (exact) mass is 361 g/mol. The van der Waals surface area contributed by atoms with Gasteiger partial charge in [0.15, 0.2) is 0 Å². The van der Waals surface area contributed by atoms with E-state index in [1.165, 1.54) is 20.1 Å². The van der Waals surface area contributed by atoms with E-state index < -0.39 is 22.0 Å². The highest BCUT2D eigenvalue weighted by Gasteiger charge is 2.24. The van der Waals surface area contributed by atoms with E-state index in [1.807, 2.05) is 0 Å². The van der Waals surface area contributed by atoms with Crippen molar-refractivity contribution in [2.24, 2.45) is 0 Å². The molecule has 1 atom stereocenters. The highest BCUT2D eigenvalue weighted by atomic mass is 79.9. The lowest BCUT2D eigenvalue weighted by Crippen LogP contribution is -2.38. The molecule has 1 aromatic rings. The van der Waals surface area contributed by atoms with Gasteiger partial charge in [0.1, 0.15) is 10.3 Å². The van der Waals surface area contributed by atoms with Crippen LogP contribution in [-0.2, 0) is 19.6 Å². The molecule has 0 fully saturated rings. The van der Waals surface area contributed by atoms with Crippen molar-refractivity contribution in [2.45, 2.75) is 17.2 Å². The highest BCUT2D eigenvalue weighted by molar-refractivity contribution is 9.11. The van der Waals surface area contributed by atoms with Crippen molar-refractivity contribution in [1.29, 1.82) is 0 Å². The molecule has 9 heteroatoms. The molecular formula is C8H9BrClNO4S2. The number of esters is 1. The standard InChI is InChI=1S/C8H9BrClNO4S2/c1-4(8(12)15-2)11-17(13,14)6-3-5(10)7(9)16-6/h3-4,11H,1-2H3. The molecule has 1 aromatic heterocycles. The summed E-state index contributed by atoms with van der Waals surface area (Å²) in [6.07, 6.45) is 0. The number of halogens is 2. The van der Waals surface area contributed by atoms with E-state index in [0.717, 1.165) is 11.3 Å². The van der Waals surface area contributed by atoms with Gasteiger partial charge in [-0.1, -0.05) is 11.6 Å². The van der Waals surface area contributed by atoms with Gasteiger partial charge >= 0.3 is 5.97 Å². The van der Waals surface area contributed by atoms with Crippen LogP contribution in [0.5, 0.6) is 0 Å². The van der Waals surface area contributed by atoms with Gasteiger partial charge in [-0.3, -0.25) is 4.79 Å². The fourth-order valence-electron chi connectivity index (χ4n) is 0.975. The molecule has 0 radical (unpaired) electrons. The SMILES string of the molecule is COC(=O)C(C)NS(=O)(=O)c1cc(Cl)c(Br)s1. The molecule has 0 aromatic carbocycles. The zero-order chi connectivity index (χ0) is 13.2. The first-order valence-corrected chi connectivity index (χ1v) is 7.80. The van der Waals surface area contributed by atoms with Crippen molar-refractivity contribution in [3.05, 3.63) is 14.9 Å². The van der Waals surface area contributed by atoms with Gasteiger partial charge in [-0.2, -0.15) is 4.72 Å². The zero-order valence-electron chi connectivity index (χ0n) is 8.86. The summed E-state index contributed by atoms with van der Waals surface area (Å²) in [6, 6.07) is 0.354. The lowest BCUT2D eigenvalue weighted by Gasteiger charge is -2.10. The van der Waals surface area contributed by atoms with Crippen LogP contribution in [0.1, 0.15) is 6.92 Å². The Morgan fingerprint density at radius 3 is 2.65 bits per heavy atom. The number of methoxy groups -OCH3 is 1. The molecule has 0 saturated heterocycles. The van der Waals surface area contributed by atoms with Crippen molar-refractivity contribution < 1.29 is 17.9 Å². The van der Waals surface area contributed by atoms with E-state index in [-0.39, 0.29) is 4.21 Å². The Hall–Kier alpha value is -0.150. The Labute approximate surface area is 116 Å². The molecule has 0 aliphatic rings. The molecule has 0 amide bonds. The molecule has 96 valence electrons. The molecule has 5 nitrogen and oxygen atoms in total. The largest absolute Gasteiger partial charge is 0.468 e. The average Bonchev–Trinajstić information content (AvgIpc) is 2.58. The fourth-order valence-corrected chi connectivity index (χ4v) is 4.58. The van der Waals surface area contributed by atoms with Crippen LogP contribution in [0, 0.1) is 0 Å². The Morgan fingerprint density at radius 2 is 2.24 bits per heavy atom. The summed E-state index contributed by atoms with van der Waals surface area (Å²) in [5, 5.41) is 0.307. The lowest BCUT2D eigenvalue weighted by atomic mass is 10.4. The van der Waals surface area contributed by atoms with Crippen molar-refractivity contribution in [1.82, 2.24) is 4.72 Å². The van der Waals surface area contributed by atoms with E-state index in [0.29, 0.717) is 8.81 Å². The summed E-state index contributed by atoms with van der Waals surface area (Å²) in [6.45, 7) is 1.40. The second kappa shape index (κ2) is 5.66. The molecule has 17 heavy (non-hydrogen) atoms. The Balaban J connectivity index is 2.93. The minimum atomic E-state index is -3.76. The lowest BCUT2D eigenvalue weighted by molar-refractivity contribution is -0.142. The predicted molar refractivity (Wildman–Crippen MR) is 68.8 cm³/mol. The van der Waals surface area contributed by atoms with Gasteiger partial charge in [0.2, 0.25) is 0 Å². The van der Waals surface area contributed by atoms with Gasteiger partial charge < -0.3 is 4.74 Å². The fraction of sp³-hybridized carbons (Fsp3) is 0.375. The van der Waals surface area contributed by atoms with E-state index in [2.05, 4.69) is 25.4 Å².